The van der Waals surface area contributed by atoms with Gasteiger partial charge in [-0.1, -0.05) is 6.07 Å². The molecular weight excluding hydrogens is 322 g/mol. The molecule has 1 fully saturated rings. The van der Waals surface area contributed by atoms with Crippen LogP contribution in [0.3, 0.4) is 0 Å². The Morgan fingerprint density at radius 1 is 1.35 bits per heavy atom. The summed E-state index contributed by atoms with van der Waals surface area (Å²) in [4.78, 5) is 22.0. The molecule has 3 rings (SSSR count). The van der Waals surface area contributed by atoms with Crippen molar-refractivity contribution in [1.29, 1.82) is 0 Å². The number of ether oxygens (including phenoxy) is 1. The molecule has 5 nitrogen and oxygen atoms in total. The van der Waals surface area contributed by atoms with Gasteiger partial charge in [0.1, 0.15) is 6.10 Å². The summed E-state index contributed by atoms with van der Waals surface area (Å²) in [6, 6.07) is 7.28. The summed E-state index contributed by atoms with van der Waals surface area (Å²) >= 11 is 3.31. The molecule has 0 spiro atoms. The summed E-state index contributed by atoms with van der Waals surface area (Å²) in [5.41, 5.74) is 0.579. The predicted molar refractivity (Wildman–Crippen MR) is 76.5 cm³/mol. The van der Waals surface area contributed by atoms with Gasteiger partial charge >= 0.3 is 0 Å². The fourth-order valence-electron chi connectivity index (χ4n) is 1.98. The summed E-state index contributed by atoms with van der Waals surface area (Å²) in [5, 5.41) is 0. The molecule has 3 heterocycles. The Morgan fingerprint density at radius 3 is 2.90 bits per heavy atom. The van der Waals surface area contributed by atoms with Crippen molar-refractivity contribution in [2.75, 3.05) is 13.1 Å². The molecular formula is C14H12BrN3O2. The minimum Gasteiger partial charge on any atom is -0.471 e. The molecule has 1 amide bonds. The number of amides is 1. The van der Waals surface area contributed by atoms with Gasteiger partial charge in [-0.05, 0) is 28.1 Å². The Kier molecular flexibility index (Phi) is 3.64. The third-order valence-electron chi connectivity index (χ3n) is 3.01. The number of rotatable bonds is 3. The van der Waals surface area contributed by atoms with E-state index in [1.54, 1.807) is 29.6 Å². The highest BCUT2D eigenvalue weighted by molar-refractivity contribution is 9.10. The lowest BCUT2D eigenvalue weighted by molar-refractivity contribution is 0.0160. The monoisotopic (exact) mass is 333 g/mol. The first-order valence-electron chi connectivity index (χ1n) is 6.20. The topological polar surface area (TPSA) is 55.3 Å². The second-order valence-electron chi connectivity index (χ2n) is 4.51. The Bertz CT molecular complexity index is 615. The first-order valence-corrected chi connectivity index (χ1v) is 6.99. The van der Waals surface area contributed by atoms with E-state index in [4.69, 9.17) is 4.74 Å². The number of pyridine rings is 2. The fraction of sp³-hybridized carbons (Fsp3) is 0.214. The van der Waals surface area contributed by atoms with E-state index in [1.165, 1.54) is 0 Å². The molecule has 0 radical (unpaired) electrons. The summed E-state index contributed by atoms with van der Waals surface area (Å²) in [7, 11) is 0. The summed E-state index contributed by atoms with van der Waals surface area (Å²) in [6.45, 7) is 1.14. The zero-order valence-corrected chi connectivity index (χ0v) is 12.2. The maximum absolute atomic E-state index is 12.2. The zero-order valence-electron chi connectivity index (χ0n) is 10.6. The largest absolute Gasteiger partial charge is 0.471 e. The highest BCUT2D eigenvalue weighted by Gasteiger charge is 2.33. The molecule has 0 bridgehead atoms. The molecule has 0 unspecified atom stereocenters. The van der Waals surface area contributed by atoms with Gasteiger partial charge in [-0.15, -0.1) is 0 Å². The predicted octanol–water partition coefficient (Wildman–Crippen LogP) is 2.14. The van der Waals surface area contributed by atoms with E-state index in [1.807, 2.05) is 18.2 Å². The third-order valence-corrected chi connectivity index (χ3v) is 3.45. The van der Waals surface area contributed by atoms with Crippen LogP contribution in [-0.2, 0) is 0 Å². The number of carbonyl (C=O) groups is 1. The van der Waals surface area contributed by atoms with Crippen LogP contribution in [0.25, 0.3) is 0 Å². The number of halogens is 1. The minimum atomic E-state index is -0.0281. The van der Waals surface area contributed by atoms with Crippen LogP contribution in [0.15, 0.2) is 47.3 Å². The number of aromatic nitrogens is 2. The van der Waals surface area contributed by atoms with Gasteiger partial charge in [-0.3, -0.25) is 9.78 Å². The van der Waals surface area contributed by atoms with E-state index >= 15 is 0 Å². The molecule has 0 atom stereocenters. The van der Waals surface area contributed by atoms with Crippen LogP contribution >= 0.6 is 15.9 Å². The Morgan fingerprint density at radius 2 is 2.20 bits per heavy atom. The number of likely N-dealkylation sites (tertiary alicyclic amines) is 1. The van der Waals surface area contributed by atoms with E-state index < -0.39 is 0 Å². The average molecular weight is 334 g/mol. The van der Waals surface area contributed by atoms with Gasteiger partial charge in [0, 0.05) is 29.1 Å². The molecule has 0 aliphatic carbocycles. The molecule has 2 aromatic heterocycles. The number of hydrogen-bond acceptors (Lipinski definition) is 4. The Balaban J connectivity index is 1.56. The molecule has 102 valence electrons. The fourth-order valence-corrected chi connectivity index (χ4v) is 2.34. The Hall–Kier alpha value is -1.95. The summed E-state index contributed by atoms with van der Waals surface area (Å²) < 4.78 is 6.46. The molecule has 0 saturated carbocycles. The lowest BCUT2D eigenvalue weighted by atomic mass is 10.1. The molecule has 2 aromatic rings. The van der Waals surface area contributed by atoms with Gasteiger partial charge in [0.25, 0.3) is 5.91 Å². The van der Waals surface area contributed by atoms with Crippen molar-refractivity contribution in [3.63, 3.8) is 0 Å². The smallest absolute Gasteiger partial charge is 0.255 e. The molecule has 20 heavy (non-hydrogen) atoms. The van der Waals surface area contributed by atoms with Crippen molar-refractivity contribution < 1.29 is 9.53 Å². The number of carbonyl (C=O) groups excluding carboxylic acids is 1. The lowest BCUT2D eigenvalue weighted by Gasteiger charge is -2.38. The first kappa shape index (κ1) is 13.1. The van der Waals surface area contributed by atoms with Gasteiger partial charge in [0.05, 0.1) is 18.7 Å². The third kappa shape index (κ3) is 2.80. The van der Waals surface area contributed by atoms with E-state index in [9.17, 15) is 4.79 Å². The van der Waals surface area contributed by atoms with Crippen LogP contribution in [0, 0.1) is 0 Å². The van der Waals surface area contributed by atoms with E-state index in [-0.39, 0.29) is 12.0 Å². The quantitative estimate of drug-likeness (QED) is 0.863. The zero-order chi connectivity index (χ0) is 13.9. The van der Waals surface area contributed by atoms with Gasteiger partial charge in [0.15, 0.2) is 0 Å². The van der Waals surface area contributed by atoms with E-state index in [0.717, 1.165) is 4.47 Å². The van der Waals surface area contributed by atoms with Crippen molar-refractivity contribution in [3.8, 4) is 5.88 Å². The first-order chi connectivity index (χ1) is 9.72. The van der Waals surface area contributed by atoms with Crippen LogP contribution in [0.2, 0.25) is 0 Å². The van der Waals surface area contributed by atoms with Crippen LogP contribution in [0.5, 0.6) is 5.88 Å². The Labute approximate surface area is 124 Å². The van der Waals surface area contributed by atoms with E-state index in [0.29, 0.717) is 24.5 Å². The van der Waals surface area contributed by atoms with Crippen molar-refractivity contribution in [2.24, 2.45) is 0 Å². The van der Waals surface area contributed by atoms with Crippen LogP contribution in [0.4, 0.5) is 0 Å². The van der Waals surface area contributed by atoms with Crippen LogP contribution in [0.1, 0.15) is 10.4 Å². The molecule has 1 aliphatic heterocycles. The normalized spacial score (nSPS) is 14.8. The number of nitrogens with zero attached hydrogens (tertiary/aromatic N) is 3. The lowest BCUT2D eigenvalue weighted by Crippen LogP contribution is -2.56. The van der Waals surface area contributed by atoms with E-state index in [2.05, 4.69) is 25.9 Å². The maximum Gasteiger partial charge on any atom is 0.255 e. The van der Waals surface area contributed by atoms with Crippen molar-refractivity contribution in [2.45, 2.75) is 6.10 Å². The average Bonchev–Trinajstić information content (AvgIpc) is 2.43. The molecule has 1 saturated heterocycles. The van der Waals surface area contributed by atoms with Gasteiger partial charge < -0.3 is 9.64 Å². The molecule has 1 aliphatic rings. The highest BCUT2D eigenvalue weighted by Crippen LogP contribution is 2.19. The van der Waals surface area contributed by atoms with Gasteiger partial charge in [0.2, 0.25) is 5.88 Å². The van der Waals surface area contributed by atoms with Gasteiger partial charge in [-0.2, -0.15) is 0 Å². The van der Waals surface area contributed by atoms with Gasteiger partial charge in [-0.25, -0.2) is 4.98 Å². The highest BCUT2D eigenvalue weighted by atomic mass is 79.9. The molecule has 6 heteroatoms. The second kappa shape index (κ2) is 5.58. The molecule has 0 aromatic carbocycles. The van der Waals surface area contributed by atoms with Crippen molar-refractivity contribution in [3.05, 3.63) is 52.9 Å². The second-order valence-corrected chi connectivity index (χ2v) is 5.43. The minimum absolute atomic E-state index is 0.00830. The summed E-state index contributed by atoms with van der Waals surface area (Å²) in [6.07, 6.45) is 4.92. The van der Waals surface area contributed by atoms with Crippen molar-refractivity contribution in [1.82, 2.24) is 14.9 Å². The summed E-state index contributed by atoms with van der Waals surface area (Å²) in [5.74, 6) is 0.563. The standard InChI is InChI=1S/C14H12BrN3O2/c15-11-5-10(6-16-7-11)14(19)18-8-12(9-18)20-13-3-1-2-4-17-13/h1-7,12H,8-9H2. The van der Waals surface area contributed by atoms with Crippen LogP contribution < -0.4 is 4.74 Å². The van der Waals surface area contributed by atoms with Crippen molar-refractivity contribution >= 4 is 21.8 Å². The maximum atomic E-state index is 12.2. The SMILES string of the molecule is O=C(c1cncc(Br)c1)N1CC(Oc2ccccn2)C1. The van der Waals surface area contributed by atoms with Crippen LogP contribution in [-0.4, -0.2) is 40.0 Å². The number of hydrogen-bond donors (Lipinski definition) is 0. The molecule has 0 N–H and O–H groups in total.